The van der Waals surface area contributed by atoms with Gasteiger partial charge >= 0.3 is 0 Å². The fourth-order valence-electron chi connectivity index (χ4n) is 2.37. The maximum Gasteiger partial charge on any atom is 0.252 e. The van der Waals surface area contributed by atoms with Gasteiger partial charge in [0.2, 0.25) is 0 Å². The molecule has 1 aromatic rings. The number of anilines is 1. The molecule has 1 aliphatic heterocycles. The molecule has 1 amide bonds. The van der Waals surface area contributed by atoms with Crippen LogP contribution in [0.3, 0.4) is 0 Å². The lowest BCUT2D eigenvalue weighted by molar-refractivity contribution is -0.122. The second-order valence-electron chi connectivity index (χ2n) is 4.87. The Bertz CT molecular complexity index is 412. The van der Waals surface area contributed by atoms with Crippen LogP contribution in [0.1, 0.15) is 13.3 Å². The van der Waals surface area contributed by atoms with Gasteiger partial charge in [-0.05, 0) is 31.0 Å². The molecule has 2 atom stereocenters. The zero-order chi connectivity index (χ0) is 13.7. The Kier molecular flexibility index (Phi) is 4.70. The molecule has 2 heterocycles. The molecule has 1 aromatic heterocycles. The summed E-state index contributed by atoms with van der Waals surface area (Å²) in [6.45, 7) is 3.34. The van der Waals surface area contributed by atoms with Crippen LogP contribution in [-0.2, 0) is 4.79 Å². The highest BCUT2D eigenvalue weighted by atomic mass is 16.3. The number of aromatic nitrogens is 1. The standard InChI is InChI=1S/C13H20N4O2/c1-10-5-7-17(11(10)9-18)8-13(19)16-15-12-4-2-3-6-14-12/h2-4,6,10-11,18H,5,7-9H2,1H3,(H,14,15)(H,16,19). The smallest absolute Gasteiger partial charge is 0.252 e. The number of hydrogen-bond acceptors (Lipinski definition) is 5. The summed E-state index contributed by atoms with van der Waals surface area (Å²) < 4.78 is 0. The van der Waals surface area contributed by atoms with Crippen LogP contribution in [-0.4, -0.2) is 46.6 Å². The van der Waals surface area contributed by atoms with E-state index in [2.05, 4.69) is 22.8 Å². The minimum absolute atomic E-state index is 0.0839. The van der Waals surface area contributed by atoms with Gasteiger partial charge in [-0.2, -0.15) is 0 Å². The molecule has 1 saturated heterocycles. The average molecular weight is 264 g/mol. The van der Waals surface area contributed by atoms with E-state index >= 15 is 0 Å². The van der Waals surface area contributed by atoms with Gasteiger partial charge in [0.25, 0.3) is 5.91 Å². The van der Waals surface area contributed by atoms with Crippen molar-refractivity contribution in [2.45, 2.75) is 19.4 Å². The number of amides is 1. The number of nitrogens with one attached hydrogen (secondary N) is 2. The molecular weight excluding hydrogens is 244 g/mol. The molecule has 1 fully saturated rings. The van der Waals surface area contributed by atoms with Gasteiger partial charge in [0, 0.05) is 12.2 Å². The summed E-state index contributed by atoms with van der Waals surface area (Å²) in [6.07, 6.45) is 2.67. The number of hydrogen-bond donors (Lipinski definition) is 3. The predicted octanol–water partition coefficient (Wildman–Crippen LogP) is 0.227. The van der Waals surface area contributed by atoms with Gasteiger partial charge in [0.05, 0.1) is 13.2 Å². The Morgan fingerprint density at radius 1 is 1.58 bits per heavy atom. The lowest BCUT2D eigenvalue weighted by atomic mass is 10.0. The lowest BCUT2D eigenvalue weighted by Crippen LogP contribution is -2.44. The second kappa shape index (κ2) is 6.49. The van der Waals surface area contributed by atoms with E-state index in [0.29, 0.717) is 11.7 Å². The van der Waals surface area contributed by atoms with Crippen molar-refractivity contribution >= 4 is 11.7 Å². The minimum Gasteiger partial charge on any atom is -0.395 e. The van der Waals surface area contributed by atoms with Crippen molar-refractivity contribution in [3.05, 3.63) is 24.4 Å². The van der Waals surface area contributed by atoms with E-state index in [1.807, 2.05) is 17.0 Å². The number of rotatable bonds is 5. The normalized spacial score (nSPS) is 23.3. The number of carbonyl (C=O) groups excluding carboxylic acids is 1. The van der Waals surface area contributed by atoms with Crippen molar-refractivity contribution in [3.8, 4) is 0 Å². The summed E-state index contributed by atoms with van der Waals surface area (Å²) in [6, 6.07) is 5.51. The van der Waals surface area contributed by atoms with Crippen molar-refractivity contribution in [3.63, 3.8) is 0 Å². The summed E-state index contributed by atoms with van der Waals surface area (Å²) in [7, 11) is 0. The Balaban J connectivity index is 1.78. The van der Waals surface area contributed by atoms with Crippen LogP contribution in [0.15, 0.2) is 24.4 Å². The van der Waals surface area contributed by atoms with Crippen LogP contribution in [0.5, 0.6) is 0 Å². The van der Waals surface area contributed by atoms with E-state index in [4.69, 9.17) is 0 Å². The first-order chi connectivity index (χ1) is 9.20. The molecule has 0 saturated carbocycles. The van der Waals surface area contributed by atoms with Crippen LogP contribution >= 0.6 is 0 Å². The molecule has 6 heteroatoms. The first-order valence-electron chi connectivity index (χ1n) is 6.51. The highest BCUT2D eigenvalue weighted by Crippen LogP contribution is 2.22. The van der Waals surface area contributed by atoms with Gasteiger partial charge in [0.1, 0.15) is 5.82 Å². The molecule has 3 N–H and O–H groups in total. The first kappa shape index (κ1) is 13.8. The fraction of sp³-hybridized carbons (Fsp3) is 0.538. The molecule has 0 aliphatic carbocycles. The second-order valence-corrected chi connectivity index (χ2v) is 4.87. The van der Waals surface area contributed by atoms with Crippen molar-refractivity contribution < 1.29 is 9.90 Å². The predicted molar refractivity (Wildman–Crippen MR) is 72.2 cm³/mol. The van der Waals surface area contributed by atoms with E-state index in [1.54, 1.807) is 12.3 Å². The number of aliphatic hydroxyl groups is 1. The molecule has 0 bridgehead atoms. The number of aliphatic hydroxyl groups excluding tert-OH is 1. The summed E-state index contributed by atoms with van der Waals surface area (Å²) in [5.74, 6) is 0.907. The fourth-order valence-corrected chi connectivity index (χ4v) is 2.37. The maximum absolute atomic E-state index is 11.8. The van der Waals surface area contributed by atoms with Crippen LogP contribution in [0.2, 0.25) is 0 Å². The Labute approximate surface area is 112 Å². The number of nitrogens with zero attached hydrogens (tertiary/aromatic N) is 2. The summed E-state index contributed by atoms with van der Waals surface area (Å²) in [5.41, 5.74) is 5.37. The third-order valence-electron chi connectivity index (χ3n) is 3.53. The van der Waals surface area contributed by atoms with E-state index in [-0.39, 0.29) is 25.1 Å². The highest BCUT2D eigenvalue weighted by molar-refractivity contribution is 5.79. The van der Waals surface area contributed by atoms with Crippen molar-refractivity contribution in [2.24, 2.45) is 5.92 Å². The van der Waals surface area contributed by atoms with E-state index in [0.717, 1.165) is 13.0 Å². The van der Waals surface area contributed by atoms with Gasteiger partial charge in [-0.25, -0.2) is 4.98 Å². The summed E-state index contributed by atoms with van der Waals surface area (Å²) in [4.78, 5) is 17.9. The van der Waals surface area contributed by atoms with Crippen LogP contribution in [0, 0.1) is 5.92 Å². The maximum atomic E-state index is 11.8. The molecule has 6 nitrogen and oxygen atoms in total. The van der Waals surface area contributed by atoms with Crippen molar-refractivity contribution in [1.29, 1.82) is 0 Å². The third-order valence-corrected chi connectivity index (χ3v) is 3.53. The Hall–Kier alpha value is -1.66. The SMILES string of the molecule is CC1CCN(CC(=O)NNc2ccccn2)C1CO. The molecule has 2 unspecified atom stereocenters. The van der Waals surface area contributed by atoms with Crippen LogP contribution < -0.4 is 10.9 Å². The molecule has 1 aliphatic rings. The van der Waals surface area contributed by atoms with Gasteiger partial charge in [-0.15, -0.1) is 0 Å². The lowest BCUT2D eigenvalue weighted by Gasteiger charge is -2.24. The molecule has 0 radical (unpaired) electrons. The van der Waals surface area contributed by atoms with Crippen LogP contribution in [0.4, 0.5) is 5.82 Å². The number of likely N-dealkylation sites (tertiary alicyclic amines) is 1. The number of hydrazine groups is 1. The average Bonchev–Trinajstić information content (AvgIpc) is 2.78. The minimum atomic E-state index is -0.127. The van der Waals surface area contributed by atoms with Gasteiger partial charge in [0.15, 0.2) is 0 Å². The number of pyridine rings is 1. The van der Waals surface area contributed by atoms with E-state index in [1.165, 1.54) is 0 Å². The highest BCUT2D eigenvalue weighted by Gasteiger charge is 2.31. The summed E-state index contributed by atoms with van der Waals surface area (Å²) in [5, 5.41) is 9.33. The zero-order valence-electron chi connectivity index (χ0n) is 11.0. The summed E-state index contributed by atoms with van der Waals surface area (Å²) >= 11 is 0. The van der Waals surface area contributed by atoms with Gasteiger partial charge in [-0.3, -0.25) is 20.5 Å². The quantitative estimate of drug-likeness (QED) is 0.664. The van der Waals surface area contributed by atoms with Gasteiger partial charge < -0.3 is 5.11 Å². The first-order valence-corrected chi connectivity index (χ1v) is 6.51. The molecule has 0 spiro atoms. The number of carbonyl (C=O) groups is 1. The molecule has 2 rings (SSSR count). The molecule has 19 heavy (non-hydrogen) atoms. The third kappa shape index (κ3) is 3.65. The van der Waals surface area contributed by atoms with Crippen LogP contribution in [0.25, 0.3) is 0 Å². The monoisotopic (exact) mass is 264 g/mol. The van der Waals surface area contributed by atoms with Crippen molar-refractivity contribution in [2.75, 3.05) is 25.1 Å². The molecular formula is C13H20N4O2. The van der Waals surface area contributed by atoms with E-state index in [9.17, 15) is 9.90 Å². The van der Waals surface area contributed by atoms with Crippen molar-refractivity contribution in [1.82, 2.24) is 15.3 Å². The topological polar surface area (TPSA) is 77.5 Å². The van der Waals surface area contributed by atoms with Gasteiger partial charge in [-0.1, -0.05) is 13.0 Å². The molecule has 0 aromatic carbocycles. The molecule has 104 valence electrons. The largest absolute Gasteiger partial charge is 0.395 e. The Morgan fingerprint density at radius 3 is 3.11 bits per heavy atom. The zero-order valence-corrected chi connectivity index (χ0v) is 11.0. The Morgan fingerprint density at radius 2 is 2.42 bits per heavy atom. The van der Waals surface area contributed by atoms with E-state index < -0.39 is 0 Å².